The third-order valence-corrected chi connectivity index (χ3v) is 5.35. The molecule has 2 bridgehead atoms. The molecule has 0 spiro atoms. The van der Waals surface area contributed by atoms with Crippen LogP contribution in [0.1, 0.15) is 24.1 Å². The van der Waals surface area contributed by atoms with Gasteiger partial charge in [-0.2, -0.15) is 4.98 Å². The fourth-order valence-electron chi connectivity index (χ4n) is 3.54. The molecule has 1 N–H and O–H groups in total. The number of piperidine rings is 1. The molecule has 1 saturated heterocycles. The first-order chi connectivity index (χ1) is 9.24. The van der Waals surface area contributed by atoms with Crippen LogP contribution in [-0.4, -0.2) is 29.6 Å². The van der Waals surface area contributed by atoms with Gasteiger partial charge in [0, 0.05) is 24.5 Å². The molecule has 1 saturated carbocycles. The van der Waals surface area contributed by atoms with Crippen LogP contribution in [0.4, 0.5) is 11.8 Å². The number of nitrogens with zero attached hydrogens (tertiary/aromatic N) is 3. The van der Waals surface area contributed by atoms with E-state index in [2.05, 4.69) is 28.2 Å². The lowest BCUT2D eigenvalue weighted by Gasteiger charge is -2.28. The molecule has 1 aliphatic carbocycles. The molecule has 19 heavy (non-hydrogen) atoms. The lowest BCUT2D eigenvalue weighted by atomic mass is 10.1. The van der Waals surface area contributed by atoms with Gasteiger partial charge in [0.1, 0.15) is 10.6 Å². The van der Waals surface area contributed by atoms with Gasteiger partial charge < -0.3 is 10.2 Å². The number of rotatable bonds is 2. The Balaban J connectivity index is 1.87. The summed E-state index contributed by atoms with van der Waals surface area (Å²) in [5, 5.41) is 4.32. The van der Waals surface area contributed by atoms with Crippen molar-refractivity contribution in [3.8, 4) is 0 Å². The number of aryl methyl sites for hydroxylation is 1. The number of hydrogen-bond donors (Lipinski definition) is 1. The van der Waals surface area contributed by atoms with Gasteiger partial charge in [0.05, 0.1) is 5.39 Å². The molecule has 100 valence electrons. The minimum Gasteiger partial charge on any atom is -0.357 e. The van der Waals surface area contributed by atoms with Crippen molar-refractivity contribution < 1.29 is 0 Å². The van der Waals surface area contributed by atoms with E-state index in [-0.39, 0.29) is 0 Å². The summed E-state index contributed by atoms with van der Waals surface area (Å²) in [6.45, 7) is 3.32. The fraction of sp³-hybridized carbons (Fsp3) is 0.571. The maximum absolute atomic E-state index is 4.74. The van der Waals surface area contributed by atoms with Gasteiger partial charge in [-0.3, -0.25) is 0 Å². The Kier molecular flexibility index (Phi) is 2.45. The van der Waals surface area contributed by atoms with E-state index in [0.29, 0.717) is 6.04 Å². The molecule has 2 aromatic heterocycles. The minimum absolute atomic E-state index is 0.702. The summed E-state index contributed by atoms with van der Waals surface area (Å²) in [6.07, 6.45) is 4.08. The molecule has 2 aromatic rings. The second-order valence-electron chi connectivity index (χ2n) is 5.68. The molecule has 5 heteroatoms. The number of aromatic nitrogens is 2. The first-order valence-corrected chi connectivity index (χ1v) is 7.79. The van der Waals surface area contributed by atoms with Crippen LogP contribution >= 0.6 is 11.3 Å². The monoisotopic (exact) mass is 274 g/mol. The Bertz CT molecular complexity index is 636. The quantitative estimate of drug-likeness (QED) is 0.914. The van der Waals surface area contributed by atoms with E-state index in [4.69, 9.17) is 4.98 Å². The van der Waals surface area contributed by atoms with Crippen LogP contribution in [0.5, 0.6) is 0 Å². The van der Waals surface area contributed by atoms with Crippen molar-refractivity contribution in [1.29, 1.82) is 0 Å². The summed E-state index contributed by atoms with van der Waals surface area (Å²) in [6, 6.07) is 2.94. The molecule has 0 amide bonds. The predicted octanol–water partition coefficient (Wildman–Crippen LogP) is 3.03. The Morgan fingerprint density at radius 1 is 1.37 bits per heavy atom. The zero-order valence-corrected chi connectivity index (χ0v) is 12.1. The number of hydrogen-bond acceptors (Lipinski definition) is 5. The average Bonchev–Trinajstić information content (AvgIpc) is 3.10. The Hall–Kier alpha value is -1.36. The molecule has 2 aliphatic rings. The van der Waals surface area contributed by atoms with Crippen molar-refractivity contribution in [3.63, 3.8) is 0 Å². The van der Waals surface area contributed by atoms with E-state index in [0.717, 1.165) is 22.5 Å². The molecule has 2 unspecified atom stereocenters. The minimum atomic E-state index is 0.702. The third-order valence-electron chi connectivity index (χ3n) is 4.40. The molecule has 4 rings (SSSR count). The number of fused-ring (bicyclic) bond motifs is 3. The Morgan fingerprint density at radius 3 is 2.95 bits per heavy atom. The molecule has 2 fully saturated rings. The van der Waals surface area contributed by atoms with Crippen LogP contribution in [0.3, 0.4) is 0 Å². The second kappa shape index (κ2) is 4.07. The van der Waals surface area contributed by atoms with Crippen LogP contribution in [0.25, 0.3) is 10.2 Å². The van der Waals surface area contributed by atoms with Gasteiger partial charge in [0.25, 0.3) is 0 Å². The van der Waals surface area contributed by atoms with Crippen LogP contribution in [0.15, 0.2) is 6.07 Å². The van der Waals surface area contributed by atoms with E-state index < -0.39 is 0 Å². The standard InChI is InChI=1S/C14H18N4S/c1-8-5-11-12(16-14(15-2)17-13(11)19-8)18-7-9-3-4-10(18)6-9/h5,9-10H,3-4,6-7H2,1-2H3,(H,15,16,17). The topological polar surface area (TPSA) is 41.1 Å². The van der Waals surface area contributed by atoms with Crippen molar-refractivity contribution in [2.75, 3.05) is 23.8 Å². The summed E-state index contributed by atoms with van der Waals surface area (Å²) in [7, 11) is 1.89. The zero-order valence-electron chi connectivity index (χ0n) is 11.3. The van der Waals surface area contributed by atoms with Crippen LogP contribution in [0, 0.1) is 12.8 Å². The largest absolute Gasteiger partial charge is 0.357 e. The highest BCUT2D eigenvalue weighted by molar-refractivity contribution is 7.18. The predicted molar refractivity (Wildman–Crippen MR) is 80.2 cm³/mol. The highest BCUT2D eigenvalue weighted by Crippen LogP contribution is 2.42. The first-order valence-electron chi connectivity index (χ1n) is 6.97. The van der Waals surface area contributed by atoms with Gasteiger partial charge in [-0.25, -0.2) is 4.98 Å². The Morgan fingerprint density at radius 2 is 2.26 bits per heavy atom. The average molecular weight is 274 g/mol. The zero-order chi connectivity index (χ0) is 13.0. The molecule has 0 radical (unpaired) electrons. The smallest absolute Gasteiger partial charge is 0.225 e. The molecule has 2 atom stereocenters. The van der Waals surface area contributed by atoms with Crippen molar-refractivity contribution in [3.05, 3.63) is 10.9 Å². The van der Waals surface area contributed by atoms with E-state index >= 15 is 0 Å². The van der Waals surface area contributed by atoms with Gasteiger partial charge in [0.2, 0.25) is 5.95 Å². The van der Waals surface area contributed by atoms with Crippen LogP contribution < -0.4 is 10.2 Å². The van der Waals surface area contributed by atoms with Gasteiger partial charge in [0.15, 0.2) is 0 Å². The highest BCUT2D eigenvalue weighted by atomic mass is 32.1. The molecule has 1 aliphatic heterocycles. The van der Waals surface area contributed by atoms with Crippen LogP contribution in [0.2, 0.25) is 0 Å². The summed E-state index contributed by atoms with van der Waals surface area (Å²) < 4.78 is 0. The summed E-state index contributed by atoms with van der Waals surface area (Å²) in [4.78, 5) is 14.3. The molecule has 0 aromatic carbocycles. The van der Waals surface area contributed by atoms with Gasteiger partial charge >= 0.3 is 0 Å². The van der Waals surface area contributed by atoms with E-state index in [1.807, 2.05) is 7.05 Å². The van der Waals surface area contributed by atoms with Gasteiger partial charge in [-0.05, 0) is 38.2 Å². The van der Waals surface area contributed by atoms with Gasteiger partial charge in [-0.15, -0.1) is 11.3 Å². The second-order valence-corrected chi connectivity index (χ2v) is 6.92. The summed E-state index contributed by atoms with van der Waals surface area (Å²) in [5.74, 6) is 2.77. The van der Waals surface area contributed by atoms with Gasteiger partial charge in [-0.1, -0.05) is 0 Å². The van der Waals surface area contributed by atoms with Crippen molar-refractivity contribution in [2.45, 2.75) is 32.2 Å². The summed E-state index contributed by atoms with van der Waals surface area (Å²) >= 11 is 1.76. The van der Waals surface area contributed by atoms with E-state index in [9.17, 15) is 0 Å². The number of nitrogens with one attached hydrogen (secondary N) is 1. The fourth-order valence-corrected chi connectivity index (χ4v) is 4.42. The SMILES string of the molecule is CNc1nc(N2CC3CCC2C3)c2cc(C)sc2n1. The molecule has 4 nitrogen and oxygen atoms in total. The van der Waals surface area contributed by atoms with E-state index in [1.165, 1.54) is 36.1 Å². The van der Waals surface area contributed by atoms with Crippen LogP contribution in [-0.2, 0) is 0 Å². The normalized spacial score (nSPS) is 25.5. The highest BCUT2D eigenvalue weighted by Gasteiger charge is 2.39. The molecular weight excluding hydrogens is 256 g/mol. The van der Waals surface area contributed by atoms with Crippen molar-refractivity contribution >= 4 is 33.3 Å². The third kappa shape index (κ3) is 1.71. The summed E-state index contributed by atoms with van der Waals surface area (Å²) in [5.41, 5.74) is 0. The number of anilines is 2. The number of thiophene rings is 1. The van der Waals surface area contributed by atoms with Crippen molar-refractivity contribution in [2.24, 2.45) is 5.92 Å². The van der Waals surface area contributed by atoms with E-state index in [1.54, 1.807) is 11.3 Å². The first kappa shape index (κ1) is 11.5. The maximum atomic E-state index is 4.74. The molecular formula is C14H18N4S. The lowest BCUT2D eigenvalue weighted by Crippen LogP contribution is -2.32. The maximum Gasteiger partial charge on any atom is 0.225 e. The lowest BCUT2D eigenvalue weighted by molar-refractivity contribution is 0.551. The molecule has 3 heterocycles. The van der Waals surface area contributed by atoms with Crippen molar-refractivity contribution in [1.82, 2.24) is 9.97 Å². The Labute approximate surface area is 116 Å².